The van der Waals surface area contributed by atoms with Gasteiger partial charge in [0.05, 0.1) is 70.7 Å². The van der Waals surface area contributed by atoms with E-state index in [1.54, 1.807) is 38.5 Å². The number of hydrogen-bond acceptors (Lipinski definition) is 12. The molecule has 0 aromatic heterocycles. The predicted octanol–water partition coefficient (Wildman–Crippen LogP) is 2.83. The van der Waals surface area contributed by atoms with Crippen molar-refractivity contribution < 1.29 is 42.6 Å². The molecular weight excluding hydrogens is 536 g/mol. The van der Waals surface area contributed by atoms with E-state index < -0.39 is 0 Å². The van der Waals surface area contributed by atoms with Gasteiger partial charge in [0.25, 0.3) is 0 Å². The van der Waals surface area contributed by atoms with Crippen molar-refractivity contribution in [1.29, 1.82) is 5.26 Å². The third kappa shape index (κ3) is 12.4. The first-order valence-corrected chi connectivity index (χ1v) is 12.9. The Bertz CT molecular complexity index is 1140. The van der Waals surface area contributed by atoms with E-state index in [-0.39, 0.29) is 13.2 Å². The molecule has 2 aromatic rings. The second-order valence-electron chi connectivity index (χ2n) is 8.18. The molecule has 0 saturated heterocycles. The van der Waals surface area contributed by atoms with Crippen LogP contribution in [0.1, 0.15) is 5.56 Å². The number of methoxy groups -OCH3 is 2. The highest BCUT2D eigenvalue weighted by Crippen LogP contribution is 2.37. The van der Waals surface area contributed by atoms with E-state index in [1.807, 2.05) is 6.07 Å². The van der Waals surface area contributed by atoms with Crippen molar-refractivity contribution >= 4 is 17.1 Å². The van der Waals surface area contributed by atoms with Crippen LogP contribution in [-0.2, 0) is 23.7 Å². The maximum Gasteiger partial charge on any atom is 0.213 e. The Hall–Kier alpha value is -3.98. The van der Waals surface area contributed by atoms with E-state index >= 15 is 0 Å². The summed E-state index contributed by atoms with van der Waals surface area (Å²) in [4.78, 5) is 3.38. The summed E-state index contributed by atoms with van der Waals surface area (Å²) in [6.07, 6.45) is 0. The Morgan fingerprint density at radius 1 is 0.610 bits per heavy atom. The van der Waals surface area contributed by atoms with Crippen LogP contribution in [0.15, 0.2) is 24.3 Å². The third-order valence-electron chi connectivity index (χ3n) is 5.25. The lowest BCUT2D eigenvalue weighted by Gasteiger charge is -2.15. The number of nitriles is 1. The predicted molar refractivity (Wildman–Crippen MR) is 151 cm³/mol. The van der Waals surface area contributed by atoms with Crippen molar-refractivity contribution in [2.75, 3.05) is 105 Å². The Morgan fingerprint density at radius 2 is 1.00 bits per heavy atom. The molecule has 41 heavy (non-hydrogen) atoms. The maximum absolute atomic E-state index is 9.22. The number of anilines is 2. The quantitative estimate of drug-likeness (QED) is 0.120. The van der Waals surface area contributed by atoms with E-state index in [0.717, 1.165) is 0 Å². The Balaban J connectivity index is 1.57. The molecule has 0 radical (unpaired) electrons. The van der Waals surface area contributed by atoms with Gasteiger partial charge in [-0.3, -0.25) is 0 Å². The van der Waals surface area contributed by atoms with Crippen LogP contribution in [0, 0.1) is 17.9 Å². The number of nitrogen functional groups attached to an aromatic ring is 2. The van der Waals surface area contributed by atoms with Gasteiger partial charge in [0.2, 0.25) is 5.69 Å². The van der Waals surface area contributed by atoms with Gasteiger partial charge in [0, 0.05) is 32.0 Å². The van der Waals surface area contributed by atoms with E-state index in [2.05, 4.69) is 4.85 Å². The van der Waals surface area contributed by atoms with Crippen molar-refractivity contribution in [3.63, 3.8) is 0 Å². The number of nitrogens with two attached hydrogens (primary N) is 2. The number of ether oxygens (including phenoxy) is 9. The SMILES string of the molecule is [C-]#[N+]c1cc(OCCOC)c(OCCOCCOCCOCCOc2cc(C#N)c(N)cc2OCCOC)cc1N. The maximum atomic E-state index is 9.22. The average molecular weight is 575 g/mol. The van der Waals surface area contributed by atoms with Crippen LogP contribution in [0.5, 0.6) is 23.0 Å². The zero-order chi connectivity index (χ0) is 29.7. The van der Waals surface area contributed by atoms with E-state index in [9.17, 15) is 5.26 Å². The summed E-state index contributed by atoms with van der Waals surface area (Å²) in [5, 5.41) is 9.22. The molecule has 0 aliphatic rings. The molecule has 13 nitrogen and oxygen atoms in total. The first-order valence-electron chi connectivity index (χ1n) is 12.9. The van der Waals surface area contributed by atoms with Crippen LogP contribution in [0.2, 0.25) is 0 Å². The number of nitrogens with zero attached hydrogens (tertiary/aromatic N) is 2. The highest BCUT2D eigenvalue weighted by atomic mass is 16.6. The molecule has 0 heterocycles. The molecule has 2 rings (SSSR count). The van der Waals surface area contributed by atoms with Gasteiger partial charge in [-0.25, -0.2) is 4.85 Å². The molecule has 0 aliphatic heterocycles. The molecule has 13 heteroatoms. The van der Waals surface area contributed by atoms with E-state index in [1.165, 1.54) is 0 Å². The summed E-state index contributed by atoms with van der Waals surface area (Å²) >= 11 is 0. The van der Waals surface area contributed by atoms with Gasteiger partial charge < -0.3 is 54.1 Å². The Morgan fingerprint density at radius 3 is 1.44 bits per heavy atom. The zero-order valence-corrected chi connectivity index (χ0v) is 23.5. The topological polar surface area (TPSA) is 163 Å². The van der Waals surface area contributed by atoms with Crippen molar-refractivity contribution in [2.24, 2.45) is 0 Å². The summed E-state index contributed by atoms with van der Waals surface area (Å²) in [6, 6.07) is 8.25. The second kappa shape index (κ2) is 20.0. The van der Waals surface area contributed by atoms with Crippen LogP contribution >= 0.6 is 0 Å². The van der Waals surface area contributed by atoms with Crippen molar-refractivity contribution in [1.82, 2.24) is 0 Å². The summed E-state index contributed by atoms with van der Waals surface area (Å²) in [5.74, 6) is 1.70. The van der Waals surface area contributed by atoms with Crippen LogP contribution in [-0.4, -0.2) is 93.5 Å². The minimum atomic E-state index is 0.254. The molecule has 0 aliphatic carbocycles. The molecule has 4 N–H and O–H groups in total. The first-order chi connectivity index (χ1) is 20.0. The summed E-state index contributed by atoms with van der Waals surface area (Å²) < 4.78 is 49.3. The van der Waals surface area contributed by atoms with Gasteiger partial charge in [-0.1, -0.05) is 0 Å². The van der Waals surface area contributed by atoms with Crippen LogP contribution < -0.4 is 30.4 Å². The van der Waals surface area contributed by atoms with Crippen molar-refractivity contribution in [3.05, 3.63) is 41.2 Å². The largest absolute Gasteiger partial charge is 0.489 e. The van der Waals surface area contributed by atoms with Gasteiger partial charge in [0.15, 0.2) is 23.0 Å². The molecule has 0 amide bonds. The van der Waals surface area contributed by atoms with Crippen molar-refractivity contribution in [2.45, 2.75) is 0 Å². The first kappa shape index (κ1) is 33.2. The zero-order valence-electron chi connectivity index (χ0n) is 23.5. The van der Waals surface area contributed by atoms with Gasteiger partial charge in [0.1, 0.15) is 32.5 Å². The Labute approximate surface area is 240 Å². The molecule has 0 bridgehead atoms. The molecule has 0 atom stereocenters. The molecule has 224 valence electrons. The van der Waals surface area contributed by atoms with Gasteiger partial charge in [-0.15, -0.1) is 0 Å². The van der Waals surface area contributed by atoms with Crippen LogP contribution in [0.25, 0.3) is 4.85 Å². The number of hydrogen-bond donors (Lipinski definition) is 2. The molecular formula is C28H38N4O9. The minimum Gasteiger partial charge on any atom is -0.489 e. The smallest absolute Gasteiger partial charge is 0.213 e. The van der Waals surface area contributed by atoms with E-state index in [0.29, 0.717) is 112 Å². The fraction of sp³-hybridized carbons (Fsp3) is 0.500. The highest BCUT2D eigenvalue weighted by molar-refractivity contribution is 5.72. The lowest BCUT2D eigenvalue weighted by molar-refractivity contribution is 0.00469. The normalized spacial score (nSPS) is 10.5. The monoisotopic (exact) mass is 574 g/mol. The fourth-order valence-corrected chi connectivity index (χ4v) is 3.22. The van der Waals surface area contributed by atoms with E-state index in [4.69, 9.17) is 60.7 Å². The lowest BCUT2D eigenvalue weighted by atomic mass is 10.2. The molecule has 2 aromatic carbocycles. The third-order valence-corrected chi connectivity index (χ3v) is 5.25. The minimum absolute atomic E-state index is 0.254. The molecule has 0 unspecified atom stereocenters. The van der Waals surface area contributed by atoms with Gasteiger partial charge >= 0.3 is 0 Å². The molecule has 0 saturated carbocycles. The average Bonchev–Trinajstić information content (AvgIpc) is 2.97. The van der Waals surface area contributed by atoms with Crippen LogP contribution in [0.4, 0.5) is 17.1 Å². The highest BCUT2D eigenvalue weighted by Gasteiger charge is 2.12. The van der Waals surface area contributed by atoms with Crippen molar-refractivity contribution in [3.8, 4) is 29.1 Å². The van der Waals surface area contributed by atoms with Gasteiger partial charge in [-0.2, -0.15) is 5.26 Å². The summed E-state index contributed by atoms with van der Waals surface area (Å²) in [5.41, 5.74) is 13.0. The lowest BCUT2D eigenvalue weighted by Crippen LogP contribution is -2.15. The fourth-order valence-electron chi connectivity index (χ4n) is 3.22. The number of benzene rings is 2. The standard InChI is InChI=1S/C28H38N4O9/c1-32-24-19-28(39-13-5-34-3)27(18-23(24)31)41-15-11-37-9-7-35-6-8-36-10-14-40-25-16-21(20-29)22(30)17-26(25)38-12-4-33-2/h16-19H,4-15,30-31H2,2-3H3. The second-order valence-corrected chi connectivity index (χ2v) is 8.18. The number of rotatable bonds is 22. The summed E-state index contributed by atoms with van der Waals surface area (Å²) in [6.45, 7) is 11.4. The molecule has 0 spiro atoms. The Kier molecular flexibility index (Phi) is 16.2. The van der Waals surface area contributed by atoms with Crippen LogP contribution in [0.3, 0.4) is 0 Å². The molecule has 0 fully saturated rings. The van der Waals surface area contributed by atoms with Gasteiger partial charge in [-0.05, 0) is 12.1 Å². The summed E-state index contributed by atoms with van der Waals surface area (Å²) in [7, 11) is 3.15.